The van der Waals surface area contributed by atoms with Crippen molar-refractivity contribution < 1.29 is 23.8 Å². The number of hydrogen-bond acceptors (Lipinski definition) is 5. The molecular formula is C26H26N2O5. The zero-order valence-corrected chi connectivity index (χ0v) is 19.0. The lowest BCUT2D eigenvalue weighted by Crippen LogP contribution is -2.39. The number of nitrogens with zero attached hydrogens (tertiary/aromatic N) is 1. The van der Waals surface area contributed by atoms with E-state index in [-0.39, 0.29) is 18.4 Å². The van der Waals surface area contributed by atoms with E-state index < -0.39 is 6.04 Å². The maximum Gasteiger partial charge on any atom is 0.255 e. The maximum atomic E-state index is 13.9. The zero-order chi connectivity index (χ0) is 23.5. The van der Waals surface area contributed by atoms with E-state index in [4.69, 9.17) is 14.2 Å². The molecule has 1 aliphatic heterocycles. The van der Waals surface area contributed by atoms with E-state index in [0.717, 1.165) is 16.7 Å². The molecule has 0 radical (unpaired) electrons. The monoisotopic (exact) mass is 446 g/mol. The molecule has 0 aliphatic carbocycles. The van der Waals surface area contributed by atoms with Crippen molar-refractivity contribution in [1.82, 2.24) is 4.90 Å². The van der Waals surface area contributed by atoms with Crippen LogP contribution in [-0.2, 0) is 4.79 Å². The summed E-state index contributed by atoms with van der Waals surface area (Å²) in [7, 11) is 4.50. The molecular weight excluding hydrogens is 420 g/mol. The molecule has 1 N–H and O–H groups in total. The van der Waals surface area contributed by atoms with Gasteiger partial charge in [0.05, 0.1) is 27.4 Å². The van der Waals surface area contributed by atoms with E-state index in [0.29, 0.717) is 28.5 Å². The predicted molar refractivity (Wildman–Crippen MR) is 125 cm³/mol. The van der Waals surface area contributed by atoms with Gasteiger partial charge in [-0.15, -0.1) is 0 Å². The quantitative estimate of drug-likeness (QED) is 0.636. The molecule has 1 heterocycles. The van der Waals surface area contributed by atoms with E-state index in [2.05, 4.69) is 5.32 Å². The van der Waals surface area contributed by atoms with Crippen molar-refractivity contribution in [3.8, 4) is 17.2 Å². The summed E-state index contributed by atoms with van der Waals surface area (Å²) in [5.41, 5.74) is 3.81. The predicted octanol–water partition coefficient (Wildman–Crippen LogP) is 4.20. The van der Waals surface area contributed by atoms with Crippen LogP contribution in [0.3, 0.4) is 0 Å². The van der Waals surface area contributed by atoms with Gasteiger partial charge < -0.3 is 24.4 Å². The van der Waals surface area contributed by atoms with Crippen LogP contribution in [0.1, 0.15) is 33.1 Å². The highest BCUT2D eigenvalue weighted by atomic mass is 16.5. The Kier molecular flexibility index (Phi) is 6.22. The van der Waals surface area contributed by atoms with Crippen molar-refractivity contribution in [3.05, 3.63) is 82.9 Å². The van der Waals surface area contributed by atoms with Crippen molar-refractivity contribution in [2.24, 2.45) is 0 Å². The molecule has 0 bridgehead atoms. The molecule has 7 nitrogen and oxygen atoms in total. The standard InChI is InChI=1S/C26H26N2O5/c1-16-10-11-20-19(12-16)24(17-8-6-5-7-9-17)28(15-23(29)27-20)26(30)18-13-21(31-2)25(33-4)22(14-18)32-3/h5-14,24H,15H2,1-4H3,(H,27,29). The number of rotatable bonds is 5. The number of carbonyl (C=O) groups excluding carboxylic acids is 2. The lowest BCUT2D eigenvalue weighted by Gasteiger charge is -2.31. The van der Waals surface area contributed by atoms with Crippen LogP contribution in [-0.4, -0.2) is 44.6 Å². The Balaban J connectivity index is 1.89. The normalized spacial score (nSPS) is 15.2. The Hall–Kier alpha value is -4.00. The minimum absolute atomic E-state index is 0.108. The smallest absolute Gasteiger partial charge is 0.255 e. The molecule has 1 atom stereocenters. The molecule has 0 aromatic heterocycles. The van der Waals surface area contributed by atoms with Crippen molar-refractivity contribution in [3.63, 3.8) is 0 Å². The highest BCUT2D eigenvalue weighted by Gasteiger charge is 2.34. The summed E-state index contributed by atoms with van der Waals surface area (Å²) in [5, 5.41) is 2.95. The second-order valence-corrected chi connectivity index (χ2v) is 7.80. The van der Waals surface area contributed by atoms with Gasteiger partial charge in [-0.3, -0.25) is 9.59 Å². The molecule has 7 heteroatoms. The van der Waals surface area contributed by atoms with Gasteiger partial charge in [-0.25, -0.2) is 0 Å². The fourth-order valence-electron chi connectivity index (χ4n) is 4.18. The number of fused-ring (bicyclic) bond motifs is 1. The number of carbonyl (C=O) groups is 2. The summed E-state index contributed by atoms with van der Waals surface area (Å²) >= 11 is 0. The lowest BCUT2D eigenvalue weighted by molar-refractivity contribution is -0.117. The Labute approximate surface area is 192 Å². The van der Waals surface area contributed by atoms with Crippen LogP contribution >= 0.6 is 0 Å². The Morgan fingerprint density at radius 3 is 2.21 bits per heavy atom. The highest BCUT2D eigenvalue weighted by Crippen LogP contribution is 2.41. The van der Waals surface area contributed by atoms with Gasteiger partial charge in [0.1, 0.15) is 6.54 Å². The first-order valence-electron chi connectivity index (χ1n) is 10.5. The minimum atomic E-state index is -0.466. The van der Waals surface area contributed by atoms with Gasteiger partial charge in [-0.1, -0.05) is 48.0 Å². The van der Waals surface area contributed by atoms with Gasteiger partial charge in [0.25, 0.3) is 5.91 Å². The number of nitrogens with one attached hydrogen (secondary N) is 1. The summed E-state index contributed by atoms with van der Waals surface area (Å²) in [6.07, 6.45) is 0. The van der Waals surface area contributed by atoms with Gasteiger partial charge in [0.2, 0.25) is 11.7 Å². The lowest BCUT2D eigenvalue weighted by atomic mass is 9.94. The molecule has 3 aromatic rings. The molecule has 170 valence electrons. The average Bonchev–Trinajstić information content (AvgIpc) is 2.98. The third-order valence-electron chi connectivity index (χ3n) is 5.69. The number of methoxy groups -OCH3 is 3. The fraction of sp³-hybridized carbons (Fsp3) is 0.231. The second-order valence-electron chi connectivity index (χ2n) is 7.80. The molecule has 4 rings (SSSR count). The maximum absolute atomic E-state index is 13.9. The van der Waals surface area contributed by atoms with Gasteiger partial charge in [-0.2, -0.15) is 0 Å². The molecule has 0 spiro atoms. The van der Waals surface area contributed by atoms with Crippen LogP contribution in [0, 0.1) is 6.92 Å². The van der Waals surface area contributed by atoms with Gasteiger partial charge in [0.15, 0.2) is 11.5 Å². The van der Waals surface area contributed by atoms with Crippen LogP contribution in [0.5, 0.6) is 17.2 Å². The topological polar surface area (TPSA) is 77.1 Å². The van der Waals surface area contributed by atoms with E-state index in [1.165, 1.54) is 21.3 Å². The molecule has 1 aliphatic rings. The average molecular weight is 447 g/mol. The fourth-order valence-corrected chi connectivity index (χ4v) is 4.18. The molecule has 0 saturated heterocycles. The van der Waals surface area contributed by atoms with Gasteiger partial charge in [0, 0.05) is 16.8 Å². The van der Waals surface area contributed by atoms with Crippen molar-refractivity contribution in [2.45, 2.75) is 13.0 Å². The SMILES string of the molecule is COc1cc(C(=O)N2CC(=O)Nc3ccc(C)cc3C2c2ccccc2)cc(OC)c1OC. The number of ether oxygens (including phenoxy) is 3. The zero-order valence-electron chi connectivity index (χ0n) is 19.0. The summed E-state index contributed by atoms with van der Waals surface area (Å²) < 4.78 is 16.2. The first-order chi connectivity index (χ1) is 16.0. The number of aryl methyl sites for hydroxylation is 1. The minimum Gasteiger partial charge on any atom is -0.493 e. The molecule has 33 heavy (non-hydrogen) atoms. The van der Waals surface area contributed by atoms with Crippen molar-refractivity contribution in [1.29, 1.82) is 0 Å². The largest absolute Gasteiger partial charge is 0.493 e. The van der Waals surface area contributed by atoms with E-state index >= 15 is 0 Å². The van der Waals surface area contributed by atoms with Crippen molar-refractivity contribution >= 4 is 17.5 Å². The summed E-state index contributed by atoms with van der Waals surface area (Å²) in [4.78, 5) is 28.3. The van der Waals surface area contributed by atoms with Gasteiger partial charge >= 0.3 is 0 Å². The summed E-state index contributed by atoms with van der Waals surface area (Å²) in [6, 6.07) is 18.3. The Bertz CT molecular complexity index is 1170. The molecule has 2 amide bonds. The molecule has 0 saturated carbocycles. The first-order valence-corrected chi connectivity index (χ1v) is 10.5. The Morgan fingerprint density at radius 2 is 1.61 bits per heavy atom. The number of benzene rings is 3. The number of anilines is 1. The van der Waals surface area contributed by atoms with E-state index in [1.807, 2.05) is 55.5 Å². The first kappa shape index (κ1) is 22.2. The van der Waals surface area contributed by atoms with Crippen LogP contribution < -0.4 is 19.5 Å². The van der Waals surface area contributed by atoms with Crippen LogP contribution in [0.25, 0.3) is 0 Å². The molecule has 3 aromatic carbocycles. The van der Waals surface area contributed by atoms with Crippen LogP contribution in [0.2, 0.25) is 0 Å². The Morgan fingerprint density at radius 1 is 0.939 bits per heavy atom. The van der Waals surface area contributed by atoms with Gasteiger partial charge in [-0.05, 0) is 30.7 Å². The third kappa shape index (κ3) is 4.22. The summed E-state index contributed by atoms with van der Waals surface area (Å²) in [6.45, 7) is 1.88. The second kappa shape index (κ2) is 9.24. The van der Waals surface area contributed by atoms with Crippen LogP contribution in [0.15, 0.2) is 60.7 Å². The molecule has 1 unspecified atom stereocenters. The van der Waals surface area contributed by atoms with E-state index in [1.54, 1.807) is 17.0 Å². The summed E-state index contributed by atoms with van der Waals surface area (Å²) in [5.74, 6) is 0.539. The highest BCUT2D eigenvalue weighted by molar-refractivity contribution is 6.02. The molecule has 0 fully saturated rings. The number of hydrogen-bond donors (Lipinski definition) is 1. The third-order valence-corrected chi connectivity index (χ3v) is 5.69. The van der Waals surface area contributed by atoms with E-state index in [9.17, 15) is 9.59 Å². The van der Waals surface area contributed by atoms with Crippen molar-refractivity contribution in [2.75, 3.05) is 33.2 Å². The number of amides is 2. The van der Waals surface area contributed by atoms with Crippen LogP contribution in [0.4, 0.5) is 5.69 Å².